The Morgan fingerprint density at radius 1 is 1.53 bits per heavy atom. The van der Waals surface area contributed by atoms with Crippen LogP contribution in [0.1, 0.15) is 18.0 Å². The Balaban J connectivity index is 2.30. The Morgan fingerprint density at radius 3 is 2.88 bits per heavy atom. The van der Waals surface area contributed by atoms with Gasteiger partial charge in [0.05, 0.1) is 7.11 Å². The first kappa shape index (κ1) is 12.7. The number of nitrogens with two attached hydrogens (primary N) is 1. The summed E-state index contributed by atoms with van der Waals surface area (Å²) in [5.74, 6) is 1.47. The Labute approximate surface area is 107 Å². The lowest BCUT2D eigenvalue weighted by molar-refractivity contribution is 0.303. The van der Waals surface area contributed by atoms with Crippen LogP contribution in [0.3, 0.4) is 0 Å². The minimum atomic E-state index is 0.359. The molecule has 1 saturated heterocycles. The predicted octanol–water partition coefficient (Wildman–Crippen LogP) is 2.30. The van der Waals surface area contributed by atoms with Crippen LogP contribution in [0.15, 0.2) is 18.2 Å². The van der Waals surface area contributed by atoms with Crippen LogP contribution in [0.25, 0.3) is 0 Å². The minimum Gasteiger partial charge on any atom is -0.496 e. The number of hydrogen-bond donors (Lipinski definition) is 1. The number of hydrogen-bond acceptors (Lipinski definition) is 3. The molecule has 3 nitrogen and oxygen atoms in total. The minimum absolute atomic E-state index is 0.359. The van der Waals surface area contributed by atoms with Gasteiger partial charge in [-0.25, -0.2) is 0 Å². The van der Waals surface area contributed by atoms with Crippen LogP contribution in [0, 0.1) is 5.92 Å². The molecular weight excluding hydrogens is 236 g/mol. The molecule has 4 heteroatoms. The topological polar surface area (TPSA) is 38.5 Å². The second kappa shape index (κ2) is 5.25. The molecule has 0 amide bonds. The predicted molar refractivity (Wildman–Crippen MR) is 70.5 cm³/mol. The summed E-state index contributed by atoms with van der Waals surface area (Å²) < 4.78 is 5.41. The van der Waals surface area contributed by atoms with Crippen molar-refractivity contribution in [2.24, 2.45) is 11.7 Å². The van der Waals surface area contributed by atoms with E-state index in [1.165, 1.54) is 5.56 Å². The highest BCUT2D eigenvalue weighted by Crippen LogP contribution is 2.39. The van der Waals surface area contributed by atoms with Gasteiger partial charge in [-0.3, -0.25) is 4.90 Å². The largest absolute Gasteiger partial charge is 0.496 e. The van der Waals surface area contributed by atoms with E-state index in [1.54, 1.807) is 7.11 Å². The van der Waals surface area contributed by atoms with Gasteiger partial charge in [-0.2, -0.15) is 0 Å². The van der Waals surface area contributed by atoms with E-state index in [0.717, 1.165) is 30.3 Å². The highest BCUT2D eigenvalue weighted by molar-refractivity contribution is 6.30. The van der Waals surface area contributed by atoms with Crippen molar-refractivity contribution in [1.29, 1.82) is 0 Å². The van der Waals surface area contributed by atoms with Crippen LogP contribution >= 0.6 is 11.6 Å². The lowest BCUT2D eigenvalue weighted by atomic mass is 9.99. The molecule has 0 aliphatic carbocycles. The first-order valence-corrected chi connectivity index (χ1v) is 6.27. The van der Waals surface area contributed by atoms with Gasteiger partial charge in [-0.15, -0.1) is 0 Å². The smallest absolute Gasteiger partial charge is 0.123 e. The summed E-state index contributed by atoms with van der Waals surface area (Å²) in [5, 5.41) is 0.755. The van der Waals surface area contributed by atoms with E-state index >= 15 is 0 Å². The molecule has 1 aromatic rings. The normalized spacial score (nSPS) is 25.2. The molecule has 2 N–H and O–H groups in total. The maximum Gasteiger partial charge on any atom is 0.123 e. The number of methoxy groups -OCH3 is 1. The van der Waals surface area contributed by atoms with Gasteiger partial charge >= 0.3 is 0 Å². The molecule has 0 bridgehead atoms. The third-order valence-corrected chi connectivity index (χ3v) is 3.75. The molecule has 1 aliphatic rings. The molecule has 1 aromatic carbocycles. The maximum absolute atomic E-state index is 6.07. The fraction of sp³-hybridized carbons (Fsp3) is 0.538. The van der Waals surface area contributed by atoms with Gasteiger partial charge in [0.2, 0.25) is 0 Å². The van der Waals surface area contributed by atoms with Crippen molar-refractivity contribution in [3.8, 4) is 5.75 Å². The summed E-state index contributed by atoms with van der Waals surface area (Å²) in [6.07, 6.45) is 1.07. The zero-order chi connectivity index (χ0) is 12.4. The highest BCUT2D eigenvalue weighted by atomic mass is 35.5. The third-order valence-electron chi connectivity index (χ3n) is 3.52. The molecule has 2 unspecified atom stereocenters. The first-order chi connectivity index (χ1) is 8.15. The summed E-state index contributed by atoms with van der Waals surface area (Å²) in [6, 6.07) is 6.15. The van der Waals surface area contributed by atoms with Gasteiger partial charge in [0, 0.05) is 23.2 Å². The Bertz CT molecular complexity index is 397. The van der Waals surface area contributed by atoms with Crippen molar-refractivity contribution in [3.63, 3.8) is 0 Å². The SMILES string of the molecule is COc1ccc(Cl)cc1C1CC(CN)CN1C. The van der Waals surface area contributed by atoms with E-state index in [-0.39, 0.29) is 0 Å². The fourth-order valence-corrected chi connectivity index (χ4v) is 2.79. The fourth-order valence-electron chi connectivity index (χ4n) is 2.61. The van der Waals surface area contributed by atoms with Crippen molar-refractivity contribution >= 4 is 11.6 Å². The lowest BCUT2D eigenvalue weighted by Gasteiger charge is -2.22. The van der Waals surface area contributed by atoms with E-state index in [0.29, 0.717) is 12.0 Å². The molecule has 1 heterocycles. The van der Waals surface area contributed by atoms with Gasteiger partial charge in [0.15, 0.2) is 0 Å². The molecule has 0 radical (unpaired) electrons. The van der Waals surface area contributed by atoms with Crippen LogP contribution in [0.5, 0.6) is 5.75 Å². The Kier molecular flexibility index (Phi) is 3.92. The summed E-state index contributed by atoms with van der Waals surface area (Å²) in [4.78, 5) is 2.33. The number of nitrogens with zero attached hydrogens (tertiary/aromatic N) is 1. The van der Waals surface area contributed by atoms with Gasteiger partial charge in [-0.1, -0.05) is 11.6 Å². The van der Waals surface area contributed by atoms with E-state index in [9.17, 15) is 0 Å². The van der Waals surface area contributed by atoms with Crippen molar-refractivity contribution in [3.05, 3.63) is 28.8 Å². The molecule has 0 spiro atoms. The van der Waals surface area contributed by atoms with Crippen molar-refractivity contribution in [1.82, 2.24) is 4.90 Å². The zero-order valence-corrected chi connectivity index (χ0v) is 11.1. The monoisotopic (exact) mass is 254 g/mol. The quantitative estimate of drug-likeness (QED) is 0.900. The average molecular weight is 255 g/mol. The number of halogens is 1. The number of benzene rings is 1. The van der Waals surface area contributed by atoms with E-state index < -0.39 is 0 Å². The standard InChI is InChI=1S/C13H19ClN2O/c1-16-8-9(7-15)5-12(16)11-6-10(14)3-4-13(11)17-2/h3-4,6,9,12H,5,7-8,15H2,1-2H3. The van der Waals surface area contributed by atoms with Crippen LogP contribution in [0.2, 0.25) is 5.02 Å². The molecule has 1 aliphatic heterocycles. The molecule has 0 saturated carbocycles. The second-order valence-corrected chi connectivity index (χ2v) is 5.12. The molecule has 1 fully saturated rings. The Hall–Kier alpha value is -0.770. The molecule has 2 atom stereocenters. The lowest BCUT2D eigenvalue weighted by Crippen LogP contribution is -2.20. The Morgan fingerprint density at radius 2 is 2.29 bits per heavy atom. The third kappa shape index (κ3) is 2.57. The first-order valence-electron chi connectivity index (χ1n) is 5.89. The highest BCUT2D eigenvalue weighted by Gasteiger charge is 2.31. The van der Waals surface area contributed by atoms with E-state index in [2.05, 4.69) is 11.9 Å². The zero-order valence-electron chi connectivity index (χ0n) is 10.3. The molecule has 2 rings (SSSR count). The van der Waals surface area contributed by atoms with E-state index in [1.807, 2.05) is 18.2 Å². The maximum atomic E-state index is 6.07. The van der Waals surface area contributed by atoms with Gasteiger partial charge in [0.25, 0.3) is 0 Å². The van der Waals surface area contributed by atoms with Gasteiger partial charge in [0.1, 0.15) is 5.75 Å². The second-order valence-electron chi connectivity index (χ2n) is 4.68. The summed E-state index contributed by atoms with van der Waals surface area (Å²) in [5.41, 5.74) is 6.92. The van der Waals surface area contributed by atoms with Crippen LogP contribution < -0.4 is 10.5 Å². The van der Waals surface area contributed by atoms with Crippen LogP contribution in [-0.2, 0) is 0 Å². The average Bonchev–Trinajstić information content (AvgIpc) is 2.70. The van der Waals surface area contributed by atoms with Crippen LogP contribution in [0.4, 0.5) is 0 Å². The number of ether oxygens (including phenoxy) is 1. The molecule has 0 aromatic heterocycles. The molecule has 94 valence electrons. The number of likely N-dealkylation sites (tertiary alicyclic amines) is 1. The van der Waals surface area contributed by atoms with E-state index in [4.69, 9.17) is 22.1 Å². The summed E-state index contributed by atoms with van der Waals surface area (Å²) >= 11 is 6.07. The van der Waals surface area contributed by atoms with Crippen LogP contribution in [-0.4, -0.2) is 32.1 Å². The summed E-state index contributed by atoms with van der Waals surface area (Å²) in [6.45, 7) is 1.78. The van der Waals surface area contributed by atoms with Crippen molar-refractivity contribution in [2.45, 2.75) is 12.5 Å². The van der Waals surface area contributed by atoms with Crippen molar-refractivity contribution < 1.29 is 4.74 Å². The molecule has 17 heavy (non-hydrogen) atoms. The molecular formula is C13H19ClN2O. The van der Waals surface area contributed by atoms with Crippen molar-refractivity contribution in [2.75, 3.05) is 27.2 Å². The summed E-state index contributed by atoms with van der Waals surface area (Å²) in [7, 11) is 3.82. The van der Waals surface area contributed by atoms with Gasteiger partial charge in [-0.05, 0) is 44.1 Å². The van der Waals surface area contributed by atoms with Gasteiger partial charge < -0.3 is 10.5 Å². The number of rotatable bonds is 3.